The number of carbonyl (C=O) groups excluding carboxylic acids is 2. The lowest BCUT2D eigenvalue weighted by Gasteiger charge is -2.06. The summed E-state index contributed by atoms with van der Waals surface area (Å²) in [6.07, 6.45) is 0.552. The fourth-order valence-electron chi connectivity index (χ4n) is 0.910. The van der Waals surface area contributed by atoms with Crippen molar-refractivity contribution in [1.29, 1.82) is 0 Å². The molecule has 14 heavy (non-hydrogen) atoms. The molecule has 0 unspecified atom stereocenters. The number of carbonyl (C=O) groups is 2. The quantitative estimate of drug-likeness (QED) is 0.834. The fourth-order valence-corrected chi connectivity index (χ4v) is 1.91. The highest BCUT2D eigenvalue weighted by molar-refractivity contribution is 9.11. The predicted octanol–water partition coefficient (Wildman–Crippen LogP) is 1.88. The van der Waals surface area contributed by atoms with Crippen LogP contribution in [0.2, 0.25) is 0 Å². The summed E-state index contributed by atoms with van der Waals surface area (Å²) < 4.78 is 1.14. The van der Waals surface area contributed by atoms with Crippen LogP contribution in [0.4, 0.5) is 5.69 Å². The van der Waals surface area contributed by atoms with E-state index in [2.05, 4.69) is 37.2 Å². The lowest BCUT2D eigenvalue weighted by molar-refractivity contribution is -0.105. The first-order chi connectivity index (χ1) is 6.56. The molecule has 0 heterocycles. The van der Waals surface area contributed by atoms with Gasteiger partial charge in [-0.3, -0.25) is 9.59 Å². The van der Waals surface area contributed by atoms with Gasteiger partial charge < -0.3 is 11.1 Å². The third-order valence-electron chi connectivity index (χ3n) is 1.54. The molecule has 74 valence electrons. The van der Waals surface area contributed by atoms with Gasteiger partial charge in [0.25, 0.3) is 0 Å². The number of benzene rings is 1. The van der Waals surface area contributed by atoms with Crippen LogP contribution in [0.1, 0.15) is 10.4 Å². The molecule has 0 spiro atoms. The summed E-state index contributed by atoms with van der Waals surface area (Å²) in [6, 6.07) is 3.14. The fraction of sp³-hybridized carbons (Fsp3) is 0. The van der Waals surface area contributed by atoms with E-state index >= 15 is 0 Å². The summed E-state index contributed by atoms with van der Waals surface area (Å²) >= 11 is 6.37. The Bertz CT molecular complexity index is 393. The Labute approximate surface area is 97.1 Å². The van der Waals surface area contributed by atoms with Gasteiger partial charge in [-0.15, -0.1) is 0 Å². The van der Waals surface area contributed by atoms with Crippen LogP contribution in [0.5, 0.6) is 0 Å². The van der Waals surface area contributed by atoms with Gasteiger partial charge >= 0.3 is 0 Å². The maximum absolute atomic E-state index is 10.9. The number of rotatable bonds is 3. The normalized spacial score (nSPS) is 9.57. The molecule has 0 fully saturated rings. The molecule has 0 atom stereocenters. The molecule has 0 aliphatic carbocycles. The zero-order valence-corrected chi connectivity index (χ0v) is 10.1. The average Bonchev–Trinajstić information content (AvgIpc) is 2.10. The summed E-state index contributed by atoms with van der Waals surface area (Å²) in [4.78, 5) is 21.1. The molecule has 4 nitrogen and oxygen atoms in total. The largest absolute Gasteiger partial charge is 0.366 e. The Hall–Kier alpha value is -0.880. The van der Waals surface area contributed by atoms with Gasteiger partial charge in [-0.25, -0.2) is 0 Å². The smallest absolute Gasteiger partial charge is 0.249 e. The number of amides is 2. The molecule has 2 amide bonds. The van der Waals surface area contributed by atoms with Crippen molar-refractivity contribution in [3.8, 4) is 0 Å². The molecule has 0 aliphatic heterocycles. The van der Waals surface area contributed by atoms with Crippen molar-refractivity contribution in [3.05, 3.63) is 26.6 Å². The highest BCUT2D eigenvalue weighted by Gasteiger charge is 2.10. The lowest BCUT2D eigenvalue weighted by Crippen LogP contribution is -2.12. The zero-order valence-electron chi connectivity index (χ0n) is 6.88. The first-order valence-corrected chi connectivity index (χ1v) is 5.14. The van der Waals surface area contributed by atoms with Gasteiger partial charge in [0.05, 0.1) is 11.3 Å². The van der Waals surface area contributed by atoms with Gasteiger partial charge in [0, 0.05) is 8.95 Å². The van der Waals surface area contributed by atoms with Crippen molar-refractivity contribution >= 4 is 49.9 Å². The number of primary amides is 1. The summed E-state index contributed by atoms with van der Waals surface area (Å²) in [5, 5.41) is 2.47. The standard InChI is InChI=1S/C8H6Br2N2O2/c9-5-2-7(12-3-13)6(10)1-4(5)8(11)14/h1-3H,(H2,11,14)(H,12,13). The number of anilines is 1. The minimum absolute atomic E-state index is 0.355. The van der Waals surface area contributed by atoms with Crippen LogP contribution in [0.15, 0.2) is 21.1 Å². The third-order valence-corrected chi connectivity index (χ3v) is 2.85. The predicted molar refractivity (Wildman–Crippen MR) is 60.0 cm³/mol. The van der Waals surface area contributed by atoms with Crippen LogP contribution in [0.3, 0.4) is 0 Å². The van der Waals surface area contributed by atoms with Crippen molar-refractivity contribution in [2.24, 2.45) is 5.73 Å². The van der Waals surface area contributed by atoms with Crippen molar-refractivity contribution in [2.75, 3.05) is 5.32 Å². The van der Waals surface area contributed by atoms with Crippen molar-refractivity contribution in [2.45, 2.75) is 0 Å². The Kier molecular flexibility index (Phi) is 3.65. The molecule has 0 saturated heterocycles. The molecular weight excluding hydrogens is 316 g/mol. The molecule has 0 radical (unpaired) electrons. The van der Waals surface area contributed by atoms with Gasteiger partial charge in [0.2, 0.25) is 12.3 Å². The highest BCUT2D eigenvalue weighted by atomic mass is 79.9. The Morgan fingerprint density at radius 3 is 2.50 bits per heavy atom. The molecule has 3 N–H and O–H groups in total. The van der Waals surface area contributed by atoms with Crippen LogP contribution in [0.25, 0.3) is 0 Å². The molecule has 6 heteroatoms. The second kappa shape index (κ2) is 4.56. The monoisotopic (exact) mass is 320 g/mol. The minimum Gasteiger partial charge on any atom is -0.366 e. The summed E-state index contributed by atoms with van der Waals surface area (Å²) in [6.45, 7) is 0. The van der Waals surface area contributed by atoms with Gasteiger partial charge in [-0.05, 0) is 44.0 Å². The Morgan fingerprint density at radius 1 is 1.36 bits per heavy atom. The summed E-state index contributed by atoms with van der Waals surface area (Å²) in [7, 11) is 0. The van der Waals surface area contributed by atoms with Crippen molar-refractivity contribution < 1.29 is 9.59 Å². The number of hydrogen-bond acceptors (Lipinski definition) is 2. The van der Waals surface area contributed by atoms with Gasteiger partial charge in [0.1, 0.15) is 0 Å². The van der Waals surface area contributed by atoms with Crippen LogP contribution in [-0.2, 0) is 4.79 Å². The Balaban J connectivity index is 3.23. The third kappa shape index (κ3) is 2.33. The van der Waals surface area contributed by atoms with E-state index in [0.29, 0.717) is 26.6 Å². The van der Waals surface area contributed by atoms with Crippen molar-refractivity contribution in [3.63, 3.8) is 0 Å². The van der Waals surface area contributed by atoms with Crippen LogP contribution < -0.4 is 11.1 Å². The zero-order chi connectivity index (χ0) is 10.7. The van der Waals surface area contributed by atoms with Crippen LogP contribution in [0, 0.1) is 0 Å². The molecule has 0 aromatic heterocycles. The van der Waals surface area contributed by atoms with E-state index in [-0.39, 0.29) is 0 Å². The SMILES string of the molecule is NC(=O)c1cc(Br)c(NC=O)cc1Br. The van der Waals surface area contributed by atoms with E-state index in [9.17, 15) is 9.59 Å². The maximum atomic E-state index is 10.9. The molecule has 1 aromatic carbocycles. The summed E-state index contributed by atoms with van der Waals surface area (Å²) in [5.74, 6) is -0.532. The van der Waals surface area contributed by atoms with Gasteiger partial charge in [-0.1, -0.05) is 0 Å². The number of nitrogens with two attached hydrogens (primary N) is 1. The molecule has 0 saturated carbocycles. The molecule has 0 bridgehead atoms. The Morgan fingerprint density at radius 2 is 2.00 bits per heavy atom. The second-order valence-corrected chi connectivity index (χ2v) is 4.15. The first-order valence-electron chi connectivity index (χ1n) is 3.55. The maximum Gasteiger partial charge on any atom is 0.249 e. The van der Waals surface area contributed by atoms with E-state index in [1.54, 1.807) is 6.07 Å². The number of nitrogens with one attached hydrogen (secondary N) is 1. The van der Waals surface area contributed by atoms with Crippen LogP contribution >= 0.6 is 31.9 Å². The first kappa shape index (κ1) is 11.2. The van der Waals surface area contributed by atoms with Crippen molar-refractivity contribution in [1.82, 2.24) is 0 Å². The van der Waals surface area contributed by atoms with E-state index in [1.165, 1.54) is 6.07 Å². The van der Waals surface area contributed by atoms with E-state index in [1.807, 2.05) is 0 Å². The minimum atomic E-state index is -0.532. The van der Waals surface area contributed by atoms with E-state index in [4.69, 9.17) is 5.73 Å². The number of halogens is 2. The van der Waals surface area contributed by atoms with Gasteiger partial charge in [-0.2, -0.15) is 0 Å². The summed E-state index contributed by atoms with van der Waals surface area (Å²) in [5.41, 5.74) is 6.05. The van der Waals surface area contributed by atoms with Gasteiger partial charge in [0.15, 0.2) is 0 Å². The molecule has 0 aliphatic rings. The lowest BCUT2D eigenvalue weighted by atomic mass is 10.2. The average molecular weight is 322 g/mol. The second-order valence-electron chi connectivity index (χ2n) is 2.44. The molecule has 1 aromatic rings. The molecule has 1 rings (SSSR count). The molecular formula is C8H6Br2N2O2. The van der Waals surface area contributed by atoms with Crippen LogP contribution in [-0.4, -0.2) is 12.3 Å². The van der Waals surface area contributed by atoms with E-state index < -0.39 is 5.91 Å². The highest BCUT2D eigenvalue weighted by Crippen LogP contribution is 2.29. The number of hydrogen-bond donors (Lipinski definition) is 2. The van der Waals surface area contributed by atoms with E-state index in [0.717, 1.165) is 0 Å². The topological polar surface area (TPSA) is 72.2 Å².